The number of amides is 1. The number of hydrogen-bond donors (Lipinski definition) is 1. The molecule has 2 atom stereocenters. The minimum atomic E-state index is -1.26. The molecule has 0 aromatic carbocycles. The van der Waals surface area contributed by atoms with Gasteiger partial charge < -0.3 is 5.32 Å². The molecule has 12 heavy (non-hydrogen) atoms. The number of carbonyl (C=O) groups is 1. The Kier molecular flexibility index (Phi) is 9.88. The summed E-state index contributed by atoms with van der Waals surface area (Å²) in [6.07, 6.45) is -0.927. The molecular formula is C9H20FNO. The van der Waals surface area contributed by atoms with E-state index in [4.69, 9.17) is 0 Å². The number of alkyl halides is 1. The van der Waals surface area contributed by atoms with Crippen LogP contribution in [0, 0.1) is 0 Å². The molecule has 1 N–H and O–H groups in total. The van der Waals surface area contributed by atoms with Gasteiger partial charge in [0.05, 0.1) is 0 Å². The Labute approximate surface area is 74.5 Å². The fraction of sp³-hybridized carbons (Fsp3) is 0.889. The molecule has 0 radical (unpaired) electrons. The summed E-state index contributed by atoms with van der Waals surface area (Å²) < 4.78 is 12.2. The highest BCUT2D eigenvalue weighted by molar-refractivity contribution is 5.83. The topological polar surface area (TPSA) is 29.1 Å². The minimum Gasteiger partial charge on any atom is -0.351 e. The van der Waals surface area contributed by atoms with Crippen molar-refractivity contribution in [2.75, 3.05) is 0 Å². The molecule has 1 saturated heterocycles. The molecule has 0 spiro atoms. The van der Waals surface area contributed by atoms with Crippen LogP contribution in [0.25, 0.3) is 0 Å². The second kappa shape index (κ2) is 8.50. The largest absolute Gasteiger partial charge is 0.351 e. The number of carbonyl (C=O) groups excluding carboxylic acids is 1. The fourth-order valence-electron chi connectivity index (χ4n) is 0.810. The molecule has 0 saturated carbocycles. The van der Waals surface area contributed by atoms with Crippen LogP contribution in [0.15, 0.2) is 0 Å². The summed E-state index contributed by atoms with van der Waals surface area (Å²) in [6.45, 7) is 9.79. The SMILES string of the molecule is CC.CC.CC1CC(F)C(=O)N1. The van der Waals surface area contributed by atoms with Crippen molar-refractivity contribution in [2.45, 2.75) is 53.3 Å². The Hall–Kier alpha value is -0.600. The molecule has 1 amide bonds. The van der Waals surface area contributed by atoms with Crippen LogP contribution in [0.3, 0.4) is 0 Å². The van der Waals surface area contributed by atoms with Gasteiger partial charge in [-0.1, -0.05) is 27.7 Å². The van der Waals surface area contributed by atoms with Crippen LogP contribution >= 0.6 is 0 Å². The van der Waals surface area contributed by atoms with E-state index in [0.29, 0.717) is 6.42 Å². The summed E-state index contributed by atoms with van der Waals surface area (Å²) in [5, 5.41) is 2.45. The normalized spacial score (nSPS) is 26.0. The first kappa shape index (κ1) is 14.0. The van der Waals surface area contributed by atoms with Crippen molar-refractivity contribution in [3.8, 4) is 0 Å². The molecule has 0 aromatic heterocycles. The van der Waals surface area contributed by atoms with Gasteiger partial charge in [0.2, 0.25) is 0 Å². The zero-order valence-corrected chi connectivity index (χ0v) is 8.65. The average molecular weight is 177 g/mol. The van der Waals surface area contributed by atoms with E-state index in [1.54, 1.807) is 6.92 Å². The van der Waals surface area contributed by atoms with Crippen molar-refractivity contribution in [2.24, 2.45) is 0 Å². The van der Waals surface area contributed by atoms with Crippen molar-refractivity contribution in [1.82, 2.24) is 5.32 Å². The lowest BCUT2D eigenvalue weighted by atomic mass is 10.2. The van der Waals surface area contributed by atoms with Gasteiger partial charge >= 0.3 is 0 Å². The Morgan fingerprint density at radius 1 is 1.33 bits per heavy atom. The van der Waals surface area contributed by atoms with Crippen LogP contribution < -0.4 is 5.32 Å². The van der Waals surface area contributed by atoms with Crippen LogP contribution in [0.4, 0.5) is 4.39 Å². The van der Waals surface area contributed by atoms with Gasteiger partial charge in [-0.25, -0.2) is 4.39 Å². The van der Waals surface area contributed by atoms with Crippen molar-refractivity contribution >= 4 is 5.91 Å². The first-order chi connectivity index (χ1) is 5.70. The Bertz CT molecular complexity index is 117. The average Bonchev–Trinajstić information content (AvgIpc) is 2.37. The van der Waals surface area contributed by atoms with E-state index in [0.717, 1.165) is 0 Å². The van der Waals surface area contributed by atoms with Gasteiger partial charge in [-0.2, -0.15) is 0 Å². The minimum absolute atomic E-state index is 0.0255. The highest BCUT2D eigenvalue weighted by Gasteiger charge is 2.28. The van der Waals surface area contributed by atoms with Gasteiger partial charge in [0.25, 0.3) is 5.91 Å². The van der Waals surface area contributed by atoms with Crippen LogP contribution in [0.2, 0.25) is 0 Å². The molecule has 74 valence electrons. The second-order valence-electron chi connectivity index (χ2n) is 2.11. The first-order valence-corrected chi connectivity index (χ1v) is 4.64. The molecule has 2 unspecified atom stereocenters. The predicted octanol–water partition coefficient (Wildman–Crippen LogP) is 2.29. The fourth-order valence-corrected chi connectivity index (χ4v) is 0.810. The third kappa shape index (κ3) is 5.10. The number of rotatable bonds is 0. The zero-order valence-electron chi connectivity index (χ0n) is 8.65. The highest BCUT2D eigenvalue weighted by Crippen LogP contribution is 2.09. The summed E-state index contributed by atoms with van der Waals surface area (Å²) >= 11 is 0. The molecule has 1 aliphatic heterocycles. The first-order valence-electron chi connectivity index (χ1n) is 4.64. The van der Waals surface area contributed by atoms with Crippen LogP contribution in [-0.4, -0.2) is 18.1 Å². The zero-order chi connectivity index (χ0) is 10.1. The maximum Gasteiger partial charge on any atom is 0.254 e. The van der Waals surface area contributed by atoms with Crippen molar-refractivity contribution < 1.29 is 9.18 Å². The molecule has 1 fully saturated rings. The summed E-state index contributed by atoms with van der Waals surface area (Å²) in [6, 6.07) is 0.0255. The standard InChI is InChI=1S/C5H8FNO.2C2H6/c1-3-2-4(6)5(8)7-3;2*1-2/h3-4H,2H2,1H3,(H,7,8);2*1-2H3. The Morgan fingerprint density at radius 2 is 1.75 bits per heavy atom. The molecular weight excluding hydrogens is 157 g/mol. The van der Waals surface area contributed by atoms with Gasteiger partial charge in [0, 0.05) is 12.5 Å². The third-order valence-electron chi connectivity index (χ3n) is 1.23. The smallest absolute Gasteiger partial charge is 0.254 e. The number of halogens is 1. The molecule has 0 aliphatic carbocycles. The lowest BCUT2D eigenvalue weighted by molar-refractivity contribution is -0.123. The van der Waals surface area contributed by atoms with Crippen LogP contribution in [0.5, 0.6) is 0 Å². The summed E-state index contributed by atoms with van der Waals surface area (Å²) in [5.41, 5.74) is 0. The van der Waals surface area contributed by atoms with E-state index in [-0.39, 0.29) is 6.04 Å². The summed E-state index contributed by atoms with van der Waals surface area (Å²) in [5.74, 6) is -0.461. The van der Waals surface area contributed by atoms with E-state index in [2.05, 4.69) is 5.32 Å². The molecule has 1 rings (SSSR count). The molecule has 1 aliphatic rings. The van der Waals surface area contributed by atoms with Gasteiger partial charge in [0.15, 0.2) is 6.17 Å². The molecule has 0 aromatic rings. The van der Waals surface area contributed by atoms with E-state index < -0.39 is 12.1 Å². The molecule has 2 nitrogen and oxygen atoms in total. The Balaban J connectivity index is 0. The quantitative estimate of drug-likeness (QED) is 0.604. The van der Waals surface area contributed by atoms with E-state index in [1.807, 2.05) is 27.7 Å². The molecule has 1 heterocycles. The maximum atomic E-state index is 12.2. The third-order valence-corrected chi connectivity index (χ3v) is 1.23. The van der Waals surface area contributed by atoms with Gasteiger partial charge in [-0.05, 0) is 6.92 Å². The van der Waals surface area contributed by atoms with Gasteiger partial charge in [-0.3, -0.25) is 4.79 Å². The maximum absolute atomic E-state index is 12.2. The number of nitrogens with one attached hydrogen (secondary N) is 1. The van der Waals surface area contributed by atoms with Gasteiger partial charge in [-0.15, -0.1) is 0 Å². The highest BCUT2D eigenvalue weighted by atomic mass is 19.1. The van der Waals surface area contributed by atoms with Crippen molar-refractivity contribution in [3.63, 3.8) is 0 Å². The lowest BCUT2D eigenvalue weighted by Crippen LogP contribution is -2.24. The van der Waals surface area contributed by atoms with Crippen molar-refractivity contribution in [3.05, 3.63) is 0 Å². The molecule has 0 bridgehead atoms. The summed E-state index contributed by atoms with van der Waals surface area (Å²) in [7, 11) is 0. The Morgan fingerprint density at radius 3 is 1.83 bits per heavy atom. The second-order valence-corrected chi connectivity index (χ2v) is 2.11. The van der Waals surface area contributed by atoms with E-state index in [9.17, 15) is 9.18 Å². The summed E-state index contributed by atoms with van der Waals surface area (Å²) in [4.78, 5) is 10.3. The van der Waals surface area contributed by atoms with E-state index in [1.165, 1.54) is 0 Å². The van der Waals surface area contributed by atoms with Crippen LogP contribution in [0.1, 0.15) is 41.0 Å². The molecule has 3 heteroatoms. The van der Waals surface area contributed by atoms with Gasteiger partial charge in [0.1, 0.15) is 0 Å². The van der Waals surface area contributed by atoms with Crippen molar-refractivity contribution in [1.29, 1.82) is 0 Å². The lowest BCUT2D eigenvalue weighted by Gasteiger charge is -1.94. The van der Waals surface area contributed by atoms with Crippen LogP contribution in [-0.2, 0) is 4.79 Å². The monoisotopic (exact) mass is 177 g/mol. The van der Waals surface area contributed by atoms with E-state index >= 15 is 0 Å². The number of hydrogen-bond acceptors (Lipinski definition) is 1. The predicted molar refractivity (Wildman–Crippen MR) is 49.8 cm³/mol.